The molecule has 94 valence electrons. The van der Waals surface area contributed by atoms with E-state index in [-0.39, 0.29) is 11.1 Å². The Morgan fingerprint density at radius 1 is 1.59 bits per heavy atom. The Balaban J connectivity index is 3.26. The summed E-state index contributed by atoms with van der Waals surface area (Å²) < 4.78 is 39.5. The zero-order chi connectivity index (χ0) is 13.2. The van der Waals surface area contributed by atoms with Crippen LogP contribution in [-0.4, -0.2) is 21.4 Å². The highest BCUT2D eigenvalue weighted by Crippen LogP contribution is 2.31. The van der Waals surface area contributed by atoms with Gasteiger partial charge in [-0.15, -0.1) is 13.2 Å². The number of aliphatic hydroxyl groups excluding tert-OH is 1. The van der Waals surface area contributed by atoms with E-state index >= 15 is 0 Å². The van der Waals surface area contributed by atoms with Crippen molar-refractivity contribution in [1.82, 2.24) is 4.98 Å². The Kier molecular flexibility index (Phi) is 3.51. The molecule has 1 rings (SSSR count). The molecule has 0 saturated carbocycles. The zero-order valence-electron chi connectivity index (χ0n) is 8.48. The SMILES string of the molecule is Cc1c([N+](=O)[O-])ncc(OC(F)(F)F)c1CO. The summed E-state index contributed by atoms with van der Waals surface area (Å²) >= 11 is 0. The lowest BCUT2D eigenvalue weighted by molar-refractivity contribution is -0.390. The molecular formula is C8H7F3N2O4. The molecule has 0 saturated heterocycles. The van der Waals surface area contributed by atoms with Crippen molar-refractivity contribution in [2.45, 2.75) is 19.9 Å². The number of nitro groups is 1. The van der Waals surface area contributed by atoms with Crippen molar-refractivity contribution in [2.75, 3.05) is 0 Å². The smallest absolute Gasteiger partial charge is 0.401 e. The monoisotopic (exact) mass is 252 g/mol. The lowest BCUT2D eigenvalue weighted by atomic mass is 10.1. The van der Waals surface area contributed by atoms with Crippen LogP contribution in [0, 0.1) is 17.0 Å². The first-order valence-corrected chi connectivity index (χ1v) is 4.25. The van der Waals surface area contributed by atoms with Crippen molar-refractivity contribution in [3.63, 3.8) is 0 Å². The van der Waals surface area contributed by atoms with Crippen molar-refractivity contribution < 1.29 is 27.9 Å². The Morgan fingerprint density at radius 2 is 2.18 bits per heavy atom. The molecule has 0 radical (unpaired) electrons. The molecule has 1 heterocycles. The number of nitrogens with zero attached hydrogens (tertiary/aromatic N) is 2. The molecule has 0 spiro atoms. The minimum absolute atomic E-state index is 0.167. The van der Waals surface area contributed by atoms with Crippen LogP contribution in [0.2, 0.25) is 0 Å². The van der Waals surface area contributed by atoms with E-state index in [9.17, 15) is 23.3 Å². The van der Waals surface area contributed by atoms with Crippen LogP contribution in [0.25, 0.3) is 0 Å². The minimum Gasteiger partial charge on any atom is -0.401 e. The molecule has 0 aliphatic carbocycles. The van der Waals surface area contributed by atoms with Crippen LogP contribution < -0.4 is 4.74 Å². The van der Waals surface area contributed by atoms with Crippen LogP contribution in [0.1, 0.15) is 11.1 Å². The molecule has 17 heavy (non-hydrogen) atoms. The quantitative estimate of drug-likeness (QED) is 0.653. The van der Waals surface area contributed by atoms with Crippen molar-refractivity contribution in [3.8, 4) is 5.75 Å². The molecule has 9 heteroatoms. The first-order chi connectivity index (χ1) is 7.76. The summed E-state index contributed by atoms with van der Waals surface area (Å²) in [5.41, 5.74) is -0.483. The molecule has 1 aromatic rings. The van der Waals surface area contributed by atoms with E-state index in [4.69, 9.17) is 5.11 Å². The summed E-state index contributed by atoms with van der Waals surface area (Å²) in [6.07, 6.45) is -4.39. The van der Waals surface area contributed by atoms with Gasteiger partial charge in [-0.3, -0.25) is 0 Å². The molecule has 0 unspecified atom stereocenters. The molecule has 0 aliphatic rings. The molecule has 1 N–H and O–H groups in total. The van der Waals surface area contributed by atoms with Crippen molar-refractivity contribution in [2.24, 2.45) is 0 Å². The van der Waals surface area contributed by atoms with Gasteiger partial charge in [-0.2, -0.15) is 0 Å². The van der Waals surface area contributed by atoms with Crippen LogP contribution in [-0.2, 0) is 6.61 Å². The average Bonchev–Trinajstić information content (AvgIpc) is 2.15. The van der Waals surface area contributed by atoms with Gasteiger partial charge >= 0.3 is 12.2 Å². The Hall–Kier alpha value is -1.90. The Morgan fingerprint density at radius 3 is 2.59 bits per heavy atom. The van der Waals surface area contributed by atoms with Gasteiger partial charge in [-0.1, -0.05) is 0 Å². The number of rotatable bonds is 3. The third-order valence-corrected chi connectivity index (χ3v) is 1.95. The molecular weight excluding hydrogens is 245 g/mol. The van der Waals surface area contributed by atoms with E-state index in [0.29, 0.717) is 6.20 Å². The summed E-state index contributed by atoms with van der Waals surface area (Å²) in [6.45, 7) is 0.362. The molecule has 0 aromatic carbocycles. The normalized spacial score (nSPS) is 11.4. The highest BCUT2D eigenvalue weighted by atomic mass is 19.4. The summed E-state index contributed by atoms with van der Waals surface area (Å²) in [5, 5.41) is 19.4. The topological polar surface area (TPSA) is 85.5 Å². The predicted molar refractivity (Wildman–Crippen MR) is 48.2 cm³/mol. The van der Waals surface area contributed by atoms with Crippen molar-refractivity contribution in [1.29, 1.82) is 0 Å². The lowest BCUT2D eigenvalue weighted by Gasteiger charge is -2.12. The van der Waals surface area contributed by atoms with E-state index in [2.05, 4.69) is 9.72 Å². The second-order valence-electron chi connectivity index (χ2n) is 3.01. The van der Waals surface area contributed by atoms with Gasteiger partial charge in [0.25, 0.3) is 0 Å². The second-order valence-corrected chi connectivity index (χ2v) is 3.01. The zero-order valence-corrected chi connectivity index (χ0v) is 8.48. The molecule has 0 bridgehead atoms. The first kappa shape index (κ1) is 13.2. The van der Waals surface area contributed by atoms with Gasteiger partial charge in [-0.25, -0.2) is 0 Å². The van der Waals surface area contributed by atoms with Gasteiger partial charge in [0, 0.05) is 5.56 Å². The summed E-state index contributed by atoms with van der Waals surface area (Å²) in [5.74, 6) is -1.37. The number of hydrogen-bond donors (Lipinski definition) is 1. The number of aromatic nitrogens is 1. The summed E-state index contributed by atoms with van der Waals surface area (Å²) in [7, 11) is 0. The van der Waals surface area contributed by atoms with Gasteiger partial charge in [0.2, 0.25) is 0 Å². The third kappa shape index (κ3) is 3.03. The molecule has 0 atom stereocenters. The van der Waals surface area contributed by atoms with Crippen molar-refractivity contribution in [3.05, 3.63) is 27.4 Å². The minimum atomic E-state index is -4.95. The second kappa shape index (κ2) is 4.53. The van der Waals surface area contributed by atoms with Gasteiger partial charge in [-0.05, 0) is 16.8 Å². The fourth-order valence-corrected chi connectivity index (χ4v) is 1.21. The van der Waals surface area contributed by atoms with Crippen LogP contribution in [0.15, 0.2) is 6.20 Å². The van der Waals surface area contributed by atoms with Gasteiger partial charge < -0.3 is 20.0 Å². The maximum Gasteiger partial charge on any atom is 0.573 e. The molecule has 0 fully saturated rings. The summed E-state index contributed by atoms with van der Waals surface area (Å²) in [6, 6.07) is 0. The number of ether oxygens (including phenoxy) is 1. The lowest BCUT2D eigenvalue weighted by Crippen LogP contribution is -2.19. The first-order valence-electron chi connectivity index (χ1n) is 4.25. The predicted octanol–water partition coefficient (Wildman–Crippen LogP) is 1.69. The number of halogens is 3. The van der Waals surface area contributed by atoms with Crippen LogP contribution in [0.3, 0.4) is 0 Å². The average molecular weight is 252 g/mol. The largest absolute Gasteiger partial charge is 0.573 e. The van der Waals surface area contributed by atoms with Crippen molar-refractivity contribution >= 4 is 5.82 Å². The number of hydrogen-bond acceptors (Lipinski definition) is 5. The number of pyridine rings is 1. The molecule has 1 aromatic heterocycles. The van der Waals surface area contributed by atoms with Gasteiger partial charge in [0.05, 0.1) is 12.2 Å². The van der Waals surface area contributed by atoms with E-state index in [1.54, 1.807) is 0 Å². The molecule has 0 amide bonds. The van der Waals surface area contributed by atoms with Gasteiger partial charge in [0.15, 0.2) is 11.9 Å². The maximum atomic E-state index is 12.0. The molecule has 0 aliphatic heterocycles. The van der Waals surface area contributed by atoms with Crippen LogP contribution >= 0.6 is 0 Å². The van der Waals surface area contributed by atoms with Gasteiger partial charge in [0.1, 0.15) is 0 Å². The Bertz CT molecular complexity index is 447. The van der Waals surface area contributed by atoms with E-state index in [1.165, 1.54) is 6.92 Å². The van der Waals surface area contributed by atoms with Crippen LogP contribution in [0.5, 0.6) is 5.75 Å². The third-order valence-electron chi connectivity index (χ3n) is 1.95. The van der Waals surface area contributed by atoms with Crippen LogP contribution in [0.4, 0.5) is 19.0 Å². The molecule has 6 nitrogen and oxygen atoms in total. The van der Waals surface area contributed by atoms with E-state index in [0.717, 1.165) is 0 Å². The fourth-order valence-electron chi connectivity index (χ4n) is 1.21. The number of alkyl halides is 3. The summed E-state index contributed by atoms with van der Waals surface area (Å²) in [4.78, 5) is 12.9. The maximum absolute atomic E-state index is 12.0. The van der Waals surface area contributed by atoms with E-state index in [1.807, 2.05) is 0 Å². The van der Waals surface area contributed by atoms with E-state index < -0.39 is 29.5 Å². The standard InChI is InChI=1S/C8H7F3N2O4/c1-4-5(3-14)6(17-8(9,10)11)2-12-7(4)13(15)16/h2,14H,3H2,1H3. The highest BCUT2D eigenvalue weighted by Gasteiger charge is 2.34. The number of aliphatic hydroxyl groups is 1. The fraction of sp³-hybridized carbons (Fsp3) is 0.375. The Labute approximate surface area is 92.8 Å². The highest BCUT2D eigenvalue weighted by molar-refractivity contribution is 5.45.